The third-order valence-corrected chi connectivity index (χ3v) is 4.29. The Bertz CT molecular complexity index is 1090. The minimum absolute atomic E-state index is 0.0700. The van der Waals surface area contributed by atoms with E-state index >= 15 is 0 Å². The van der Waals surface area contributed by atoms with Gasteiger partial charge in [-0.2, -0.15) is 0 Å². The highest BCUT2D eigenvalue weighted by atomic mass is 35.5. The molecule has 25 heavy (non-hydrogen) atoms. The van der Waals surface area contributed by atoms with Crippen LogP contribution in [0.15, 0.2) is 77.9 Å². The smallest absolute Gasteiger partial charge is 0.261 e. The average Bonchev–Trinajstić information content (AvgIpc) is 2.66. The molecule has 0 bridgehead atoms. The Labute approximate surface area is 149 Å². The van der Waals surface area contributed by atoms with E-state index in [4.69, 9.17) is 16.6 Å². The number of benzene rings is 2. The van der Waals surface area contributed by atoms with Crippen molar-refractivity contribution in [3.63, 3.8) is 0 Å². The van der Waals surface area contributed by atoms with Crippen LogP contribution in [0.25, 0.3) is 22.3 Å². The lowest BCUT2D eigenvalue weighted by Gasteiger charge is -2.13. The van der Waals surface area contributed by atoms with Gasteiger partial charge in [-0.1, -0.05) is 35.9 Å². The van der Waals surface area contributed by atoms with E-state index in [1.54, 1.807) is 23.0 Å². The van der Waals surface area contributed by atoms with Gasteiger partial charge >= 0.3 is 0 Å². The van der Waals surface area contributed by atoms with E-state index in [0.717, 1.165) is 11.1 Å². The lowest BCUT2D eigenvalue weighted by Crippen LogP contribution is -2.24. The van der Waals surface area contributed by atoms with Gasteiger partial charge in [0.05, 0.1) is 17.4 Å². The fraction of sp³-hybridized carbons (Fsp3) is 0.0500. The zero-order valence-electron chi connectivity index (χ0n) is 13.3. The number of pyridine rings is 1. The van der Waals surface area contributed by atoms with Crippen LogP contribution in [0, 0.1) is 0 Å². The molecule has 0 aliphatic heterocycles. The van der Waals surface area contributed by atoms with Crippen LogP contribution in [0.1, 0.15) is 5.56 Å². The summed E-state index contributed by atoms with van der Waals surface area (Å²) in [5.74, 6) is 0.603. The van der Waals surface area contributed by atoms with Crippen LogP contribution >= 0.6 is 11.6 Å². The summed E-state index contributed by atoms with van der Waals surface area (Å²) in [7, 11) is 0. The van der Waals surface area contributed by atoms with Crippen molar-refractivity contribution in [3.8, 4) is 11.4 Å². The summed E-state index contributed by atoms with van der Waals surface area (Å²) < 4.78 is 1.68. The predicted molar refractivity (Wildman–Crippen MR) is 99.8 cm³/mol. The highest BCUT2D eigenvalue weighted by molar-refractivity contribution is 6.30. The number of nitrogens with zero attached hydrogens (tertiary/aromatic N) is 3. The molecular formula is C20H14ClN3O. The number of hydrogen-bond donors (Lipinski definition) is 0. The summed E-state index contributed by atoms with van der Waals surface area (Å²) in [6.07, 6.45) is 3.42. The van der Waals surface area contributed by atoms with Crippen molar-refractivity contribution in [1.82, 2.24) is 14.5 Å². The molecule has 4 nitrogen and oxygen atoms in total. The van der Waals surface area contributed by atoms with E-state index < -0.39 is 0 Å². The zero-order valence-corrected chi connectivity index (χ0v) is 14.0. The molecular weight excluding hydrogens is 334 g/mol. The van der Waals surface area contributed by atoms with Gasteiger partial charge in [0, 0.05) is 23.0 Å². The summed E-state index contributed by atoms with van der Waals surface area (Å²) in [4.78, 5) is 21.9. The normalized spacial score (nSPS) is 10.9. The zero-order chi connectivity index (χ0) is 17.2. The Balaban J connectivity index is 1.95. The van der Waals surface area contributed by atoms with Gasteiger partial charge in [0.15, 0.2) is 0 Å². The third kappa shape index (κ3) is 3.04. The number of aromatic nitrogens is 3. The van der Waals surface area contributed by atoms with E-state index in [2.05, 4.69) is 4.98 Å². The van der Waals surface area contributed by atoms with Gasteiger partial charge in [-0.15, -0.1) is 0 Å². The van der Waals surface area contributed by atoms with E-state index in [9.17, 15) is 4.79 Å². The molecule has 0 saturated carbocycles. The lowest BCUT2D eigenvalue weighted by molar-refractivity contribution is 0.759. The first-order chi connectivity index (χ1) is 12.2. The molecule has 122 valence electrons. The number of hydrogen-bond acceptors (Lipinski definition) is 3. The average molecular weight is 348 g/mol. The van der Waals surface area contributed by atoms with Crippen molar-refractivity contribution in [2.45, 2.75) is 6.54 Å². The molecule has 0 spiro atoms. The van der Waals surface area contributed by atoms with Gasteiger partial charge in [0.1, 0.15) is 5.82 Å². The summed E-state index contributed by atoms with van der Waals surface area (Å²) in [6, 6.07) is 18.6. The number of fused-ring (bicyclic) bond motifs is 1. The Hall–Kier alpha value is -2.98. The van der Waals surface area contributed by atoms with Crippen LogP contribution in [-0.2, 0) is 6.54 Å². The summed E-state index contributed by atoms with van der Waals surface area (Å²) in [6.45, 7) is 0.415. The van der Waals surface area contributed by atoms with Crippen molar-refractivity contribution in [3.05, 3.63) is 94.0 Å². The van der Waals surface area contributed by atoms with Crippen LogP contribution in [0.3, 0.4) is 0 Å². The molecule has 0 fully saturated rings. The summed E-state index contributed by atoms with van der Waals surface area (Å²) >= 11 is 5.96. The van der Waals surface area contributed by atoms with Crippen molar-refractivity contribution in [2.24, 2.45) is 0 Å². The van der Waals surface area contributed by atoms with E-state index in [1.165, 1.54) is 0 Å². The SMILES string of the molecule is O=c1c2ccccc2nc(-c2cccnc2)n1Cc1ccc(Cl)cc1. The molecule has 0 aliphatic carbocycles. The summed E-state index contributed by atoms with van der Waals surface area (Å²) in [5.41, 5.74) is 2.39. The van der Waals surface area contributed by atoms with Crippen molar-refractivity contribution < 1.29 is 0 Å². The van der Waals surface area contributed by atoms with Crippen LogP contribution in [0.5, 0.6) is 0 Å². The summed E-state index contributed by atoms with van der Waals surface area (Å²) in [5, 5.41) is 1.27. The molecule has 0 radical (unpaired) electrons. The third-order valence-electron chi connectivity index (χ3n) is 4.04. The minimum Gasteiger partial charge on any atom is -0.288 e. The molecule has 0 N–H and O–H groups in total. The lowest BCUT2D eigenvalue weighted by atomic mass is 10.1. The molecule has 2 heterocycles. The quantitative estimate of drug-likeness (QED) is 0.559. The molecule has 4 aromatic rings. The maximum absolute atomic E-state index is 13.1. The van der Waals surface area contributed by atoms with E-state index in [-0.39, 0.29) is 5.56 Å². The highest BCUT2D eigenvalue weighted by Crippen LogP contribution is 2.19. The maximum Gasteiger partial charge on any atom is 0.261 e. The van der Waals surface area contributed by atoms with Gasteiger partial charge in [0.25, 0.3) is 5.56 Å². The Morgan fingerprint density at radius 2 is 1.76 bits per heavy atom. The Morgan fingerprint density at radius 3 is 2.52 bits per heavy atom. The van der Waals surface area contributed by atoms with E-state index in [0.29, 0.717) is 28.3 Å². The second kappa shape index (κ2) is 6.49. The van der Waals surface area contributed by atoms with Crippen LogP contribution < -0.4 is 5.56 Å². The minimum atomic E-state index is -0.0700. The fourth-order valence-electron chi connectivity index (χ4n) is 2.80. The predicted octanol–water partition coefficient (Wildman–Crippen LogP) is 4.16. The van der Waals surface area contributed by atoms with Crippen molar-refractivity contribution in [2.75, 3.05) is 0 Å². The van der Waals surface area contributed by atoms with Gasteiger partial charge in [-0.05, 0) is 42.0 Å². The highest BCUT2D eigenvalue weighted by Gasteiger charge is 2.13. The van der Waals surface area contributed by atoms with Crippen LogP contribution in [0.4, 0.5) is 0 Å². The van der Waals surface area contributed by atoms with E-state index in [1.807, 2.05) is 54.6 Å². The van der Waals surface area contributed by atoms with Crippen LogP contribution in [0.2, 0.25) is 5.02 Å². The molecule has 5 heteroatoms. The second-order valence-electron chi connectivity index (χ2n) is 5.71. The number of halogens is 1. The molecule has 2 aromatic heterocycles. The number of rotatable bonds is 3. The van der Waals surface area contributed by atoms with Gasteiger partial charge in [0.2, 0.25) is 0 Å². The molecule has 0 saturated heterocycles. The van der Waals surface area contributed by atoms with Crippen molar-refractivity contribution in [1.29, 1.82) is 0 Å². The molecule has 0 atom stereocenters. The fourth-order valence-corrected chi connectivity index (χ4v) is 2.93. The first kappa shape index (κ1) is 15.5. The van der Waals surface area contributed by atoms with Crippen molar-refractivity contribution >= 4 is 22.5 Å². The van der Waals surface area contributed by atoms with Gasteiger partial charge in [-0.25, -0.2) is 4.98 Å². The number of para-hydroxylation sites is 1. The Morgan fingerprint density at radius 1 is 0.960 bits per heavy atom. The molecule has 4 rings (SSSR count). The molecule has 0 unspecified atom stereocenters. The first-order valence-electron chi connectivity index (χ1n) is 7.87. The largest absolute Gasteiger partial charge is 0.288 e. The van der Waals surface area contributed by atoms with Gasteiger partial charge in [-0.3, -0.25) is 14.3 Å². The molecule has 2 aromatic carbocycles. The first-order valence-corrected chi connectivity index (χ1v) is 8.24. The second-order valence-corrected chi connectivity index (χ2v) is 6.15. The maximum atomic E-state index is 13.1. The standard InChI is InChI=1S/C20H14ClN3O/c21-16-9-7-14(8-10-16)13-24-19(15-4-3-11-22-12-15)23-18-6-2-1-5-17(18)20(24)25/h1-12H,13H2. The Kier molecular flexibility index (Phi) is 4.04. The molecule has 0 aliphatic rings. The monoisotopic (exact) mass is 347 g/mol. The van der Waals surface area contributed by atoms with Gasteiger partial charge < -0.3 is 0 Å². The van der Waals surface area contributed by atoms with Crippen LogP contribution in [-0.4, -0.2) is 14.5 Å². The molecule has 0 amide bonds. The topological polar surface area (TPSA) is 47.8 Å².